The Morgan fingerprint density at radius 3 is 3.10 bits per heavy atom. The minimum atomic E-state index is 0.227. The van der Waals surface area contributed by atoms with E-state index in [4.69, 9.17) is 9.26 Å². The Morgan fingerprint density at radius 2 is 2.24 bits per heavy atom. The van der Waals surface area contributed by atoms with Crippen molar-refractivity contribution in [2.24, 2.45) is 0 Å². The molecule has 0 spiro atoms. The van der Waals surface area contributed by atoms with Gasteiger partial charge in [-0.25, -0.2) is 0 Å². The number of Topliss-reactive ketones (excluding diaryl/α,β-unsaturated/α-hetero) is 1. The molecule has 1 aromatic heterocycles. The van der Waals surface area contributed by atoms with Crippen molar-refractivity contribution in [3.8, 4) is 5.75 Å². The summed E-state index contributed by atoms with van der Waals surface area (Å²) in [5, 5.41) is 3.88. The topological polar surface area (TPSA) is 65.2 Å². The molecule has 0 amide bonds. The summed E-state index contributed by atoms with van der Waals surface area (Å²) in [5.41, 5.74) is 1.90. The summed E-state index contributed by atoms with van der Waals surface area (Å²) in [6.07, 6.45) is 4.26. The molecule has 1 aliphatic rings. The normalized spacial score (nSPS) is 14.0. The summed E-state index contributed by atoms with van der Waals surface area (Å²) in [6, 6.07) is 5.62. The SMILES string of the molecule is CCCc1nc(COc2ccc3c(c2)CCCC3=O)no1. The second kappa shape index (κ2) is 6.08. The molecular weight excluding hydrogens is 268 g/mol. The monoisotopic (exact) mass is 286 g/mol. The van der Waals surface area contributed by atoms with Crippen LogP contribution in [0.15, 0.2) is 22.7 Å². The molecule has 5 nitrogen and oxygen atoms in total. The molecule has 0 unspecified atom stereocenters. The van der Waals surface area contributed by atoms with Gasteiger partial charge in [0.25, 0.3) is 0 Å². The second-order valence-corrected chi connectivity index (χ2v) is 5.24. The molecule has 5 heteroatoms. The first kappa shape index (κ1) is 13.8. The van der Waals surface area contributed by atoms with Crippen molar-refractivity contribution >= 4 is 5.78 Å². The van der Waals surface area contributed by atoms with Gasteiger partial charge in [-0.15, -0.1) is 0 Å². The van der Waals surface area contributed by atoms with Crippen molar-refractivity contribution < 1.29 is 14.1 Å². The number of aromatic nitrogens is 2. The van der Waals surface area contributed by atoms with E-state index >= 15 is 0 Å². The van der Waals surface area contributed by atoms with Gasteiger partial charge in [0.15, 0.2) is 12.4 Å². The van der Waals surface area contributed by atoms with Crippen molar-refractivity contribution in [3.05, 3.63) is 41.0 Å². The molecule has 0 fully saturated rings. The Balaban J connectivity index is 1.66. The predicted octanol–water partition coefficient (Wildman–Crippen LogP) is 3.12. The van der Waals surface area contributed by atoms with Crippen molar-refractivity contribution in [1.82, 2.24) is 10.1 Å². The lowest BCUT2D eigenvalue weighted by Gasteiger charge is -2.15. The number of aryl methyl sites for hydroxylation is 2. The largest absolute Gasteiger partial charge is 0.485 e. The van der Waals surface area contributed by atoms with Crippen LogP contribution in [-0.2, 0) is 19.4 Å². The molecule has 0 bridgehead atoms. The highest BCUT2D eigenvalue weighted by atomic mass is 16.5. The van der Waals surface area contributed by atoms with E-state index in [2.05, 4.69) is 17.1 Å². The first-order chi connectivity index (χ1) is 10.3. The van der Waals surface area contributed by atoms with Crippen LogP contribution in [0.5, 0.6) is 5.75 Å². The highest BCUT2D eigenvalue weighted by Gasteiger charge is 2.17. The van der Waals surface area contributed by atoms with E-state index in [1.807, 2.05) is 18.2 Å². The first-order valence-corrected chi connectivity index (χ1v) is 7.36. The fourth-order valence-corrected chi connectivity index (χ4v) is 2.52. The lowest BCUT2D eigenvalue weighted by Crippen LogP contribution is -2.10. The zero-order valence-electron chi connectivity index (χ0n) is 12.1. The molecule has 0 saturated heterocycles. The van der Waals surface area contributed by atoms with Crippen LogP contribution >= 0.6 is 0 Å². The first-order valence-electron chi connectivity index (χ1n) is 7.36. The van der Waals surface area contributed by atoms with Gasteiger partial charge < -0.3 is 9.26 Å². The van der Waals surface area contributed by atoms with Crippen molar-refractivity contribution in [2.45, 2.75) is 45.6 Å². The van der Waals surface area contributed by atoms with E-state index < -0.39 is 0 Å². The minimum Gasteiger partial charge on any atom is -0.485 e. The van der Waals surface area contributed by atoms with Crippen molar-refractivity contribution in [1.29, 1.82) is 0 Å². The van der Waals surface area contributed by atoms with Crippen molar-refractivity contribution in [3.63, 3.8) is 0 Å². The maximum atomic E-state index is 11.8. The number of carbonyl (C=O) groups excluding carboxylic acids is 1. The number of ketones is 1. The Morgan fingerprint density at radius 1 is 1.33 bits per heavy atom. The number of fused-ring (bicyclic) bond motifs is 1. The van der Waals surface area contributed by atoms with Crippen LogP contribution in [-0.4, -0.2) is 15.9 Å². The lowest BCUT2D eigenvalue weighted by atomic mass is 9.91. The van der Waals surface area contributed by atoms with Gasteiger partial charge in [0.2, 0.25) is 11.7 Å². The fraction of sp³-hybridized carbons (Fsp3) is 0.438. The van der Waals surface area contributed by atoms with E-state index in [1.165, 1.54) is 0 Å². The maximum absolute atomic E-state index is 11.8. The van der Waals surface area contributed by atoms with E-state index in [0.29, 0.717) is 18.1 Å². The van der Waals surface area contributed by atoms with Gasteiger partial charge in [0.05, 0.1) is 0 Å². The minimum absolute atomic E-state index is 0.227. The third kappa shape index (κ3) is 3.12. The Kier molecular flexibility index (Phi) is 3.99. The molecule has 1 aliphatic carbocycles. The van der Waals surface area contributed by atoms with Crippen LogP contribution in [0.3, 0.4) is 0 Å². The smallest absolute Gasteiger partial charge is 0.226 e. The average molecular weight is 286 g/mol. The Hall–Kier alpha value is -2.17. The second-order valence-electron chi connectivity index (χ2n) is 5.24. The number of hydrogen-bond donors (Lipinski definition) is 0. The van der Waals surface area contributed by atoms with E-state index in [0.717, 1.165) is 42.6 Å². The zero-order valence-corrected chi connectivity index (χ0v) is 12.1. The molecule has 0 saturated carbocycles. The van der Waals surface area contributed by atoms with E-state index in [1.54, 1.807) is 0 Å². The van der Waals surface area contributed by atoms with Crippen LogP contribution < -0.4 is 4.74 Å². The molecule has 110 valence electrons. The maximum Gasteiger partial charge on any atom is 0.226 e. The highest BCUT2D eigenvalue weighted by Crippen LogP contribution is 2.25. The number of rotatable bonds is 5. The van der Waals surface area contributed by atoms with Crippen LogP contribution in [0, 0.1) is 0 Å². The predicted molar refractivity (Wildman–Crippen MR) is 76.3 cm³/mol. The quantitative estimate of drug-likeness (QED) is 0.845. The molecule has 1 heterocycles. The van der Waals surface area contributed by atoms with Gasteiger partial charge in [0, 0.05) is 18.4 Å². The average Bonchev–Trinajstić information content (AvgIpc) is 2.93. The molecule has 0 atom stereocenters. The standard InChI is InChI=1S/C16H18N2O3/c1-2-4-16-17-15(18-21-16)10-20-12-7-8-13-11(9-12)5-3-6-14(13)19/h7-9H,2-6,10H2,1H3. The third-order valence-electron chi connectivity index (χ3n) is 3.57. The summed E-state index contributed by atoms with van der Waals surface area (Å²) >= 11 is 0. The molecule has 1 aromatic carbocycles. The van der Waals surface area contributed by atoms with Crippen LogP contribution in [0.25, 0.3) is 0 Å². The van der Waals surface area contributed by atoms with Gasteiger partial charge in [-0.1, -0.05) is 12.1 Å². The summed E-state index contributed by atoms with van der Waals surface area (Å²) in [5.74, 6) is 2.16. The number of benzene rings is 1. The van der Waals surface area contributed by atoms with Gasteiger partial charge >= 0.3 is 0 Å². The van der Waals surface area contributed by atoms with Gasteiger partial charge in [-0.2, -0.15) is 4.98 Å². The van der Waals surface area contributed by atoms with E-state index in [9.17, 15) is 4.79 Å². The van der Waals surface area contributed by atoms with Gasteiger partial charge in [-0.05, 0) is 43.0 Å². The number of nitrogens with zero attached hydrogens (tertiary/aromatic N) is 2. The summed E-state index contributed by atoms with van der Waals surface area (Å²) < 4.78 is 10.8. The molecule has 0 aliphatic heterocycles. The van der Waals surface area contributed by atoms with Gasteiger partial charge in [-0.3, -0.25) is 4.79 Å². The zero-order chi connectivity index (χ0) is 14.7. The third-order valence-corrected chi connectivity index (χ3v) is 3.57. The fourth-order valence-electron chi connectivity index (χ4n) is 2.52. The van der Waals surface area contributed by atoms with Crippen LogP contribution in [0.1, 0.15) is 53.8 Å². The summed E-state index contributed by atoms with van der Waals surface area (Å²) in [4.78, 5) is 16.0. The molecule has 21 heavy (non-hydrogen) atoms. The Labute approximate surface area is 123 Å². The molecule has 0 N–H and O–H groups in total. The molecule has 3 rings (SSSR count). The number of hydrogen-bond acceptors (Lipinski definition) is 5. The summed E-state index contributed by atoms with van der Waals surface area (Å²) in [7, 11) is 0. The molecular formula is C16H18N2O3. The molecule has 2 aromatic rings. The summed E-state index contributed by atoms with van der Waals surface area (Å²) in [6.45, 7) is 2.34. The van der Waals surface area contributed by atoms with Crippen LogP contribution in [0.2, 0.25) is 0 Å². The lowest BCUT2D eigenvalue weighted by molar-refractivity contribution is 0.0972. The number of carbonyl (C=O) groups is 1. The highest BCUT2D eigenvalue weighted by molar-refractivity contribution is 5.98. The Bertz CT molecular complexity index is 649. The van der Waals surface area contributed by atoms with Crippen LogP contribution in [0.4, 0.5) is 0 Å². The number of ether oxygens (including phenoxy) is 1. The van der Waals surface area contributed by atoms with Crippen molar-refractivity contribution in [2.75, 3.05) is 0 Å². The van der Waals surface area contributed by atoms with E-state index in [-0.39, 0.29) is 12.4 Å². The van der Waals surface area contributed by atoms with Gasteiger partial charge in [0.1, 0.15) is 5.75 Å². The molecule has 0 radical (unpaired) electrons.